The van der Waals surface area contributed by atoms with Crippen LogP contribution in [0.15, 0.2) is 42.5 Å². The molecule has 0 radical (unpaired) electrons. The number of phenolic OH excluding ortho intramolecular Hbond substituents is 1. The van der Waals surface area contributed by atoms with Gasteiger partial charge in [-0.05, 0) is 36.6 Å². The molecular formula is C18H18O4. The Balaban J connectivity index is 2.36. The fourth-order valence-corrected chi connectivity index (χ4v) is 2.32. The molecule has 2 N–H and O–H groups in total. The van der Waals surface area contributed by atoms with Crippen LogP contribution in [0.3, 0.4) is 0 Å². The lowest BCUT2D eigenvalue weighted by atomic mass is 9.96. The highest BCUT2D eigenvalue weighted by atomic mass is 16.4. The molecule has 22 heavy (non-hydrogen) atoms. The predicted molar refractivity (Wildman–Crippen MR) is 83.6 cm³/mol. The van der Waals surface area contributed by atoms with Gasteiger partial charge >= 0.3 is 5.97 Å². The van der Waals surface area contributed by atoms with Gasteiger partial charge in [0.05, 0.1) is 11.1 Å². The van der Waals surface area contributed by atoms with Crippen LogP contribution < -0.4 is 0 Å². The van der Waals surface area contributed by atoms with E-state index in [2.05, 4.69) is 6.92 Å². The second-order valence-electron chi connectivity index (χ2n) is 5.13. The molecule has 4 nitrogen and oxygen atoms in total. The third-order valence-electron chi connectivity index (χ3n) is 3.53. The first-order chi connectivity index (χ1) is 10.5. The van der Waals surface area contributed by atoms with Gasteiger partial charge in [0.15, 0.2) is 5.78 Å². The molecule has 0 saturated heterocycles. The molecule has 0 atom stereocenters. The Labute approximate surface area is 129 Å². The molecule has 0 fully saturated rings. The number of hydrogen-bond donors (Lipinski definition) is 2. The Kier molecular flexibility index (Phi) is 4.94. The van der Waals surface area contributed by atoms with E-state index in [1.807, 2.05) is 0 Å². The largest absolute Gasteiger partial charge is 0.507 e. The van der Waals surface area contributed by atoms with Crippen molar-refractivity contribution in [2.24, 2.45) is 0 Å². The van der Waals surface area contributed by atoms with Crippen LogP contribution in [0.4, 0.5) is 0 Å². The minimum absolute atomic E-state index is 0.0676. The Morgan fingerprint density at radius 3 is 2.27 bits per heavy atom. The van der Waals surface area contributed by atoms with E-state index in [9.17, 15) is 14.7 Å². The van der Waals surface area contributed by atoms with Gasteiger partial charge in [0.25, 0.3) is 0 Å². The average molecular weight is 298 g/mol. The van der Waals surface area contributed by atoms with E-state index in [-0.39, 0.29) is 22.4 Å². The molecule has 0 aliphatic heterocycles. The lowest BCUT2D eigenvalue weighted by Crippen LogP contribution is -2.09. The number of unbranched alkanes of at least 4 members (excludes halogenated alkanes) is 1. The van der Waals surface area contributed by atoms with E-state index in [4.69, 9.17) is 5.11 Å². The zero-order chi connectivity index (χ0) is 16.1. The number of carboxylic acid groups (broad SMARTS) is 1. The fraction of sp³-hybridized carbons (Fsp3) is 0.222. The molecule has 0 bridgehead atoms. The smallest absolute Gasteiger partial charge is 0.336 e. The minimum Gasteiger partial charge on any atom is -0.507 e. The predicted octanol–water partition coefficient (Wildman–Crippen LogP) is 3.66. The molecule has 0 aliphatic rings. The number of carbonyl (C=O) groups excluding carboxylic acids is 1. The molecule has 0 saturated carbocycles. The molecule has 2 rings (SSSR count). The lowest BCUT2D eigenvalue weighted by Gasteiger charge is -2.08. The van der Waals surface area contributed by atoms with Crippen molar-refractivity contribution < 1.29 is 19.8 Å². The molecule has 0 aliphatic carbocycles. The number of hydrogen-bond acceptors (Lipinski definition) is 3. The molecule has 0 unspecified atom stereocenters. The summed E-state index contributed by atoms with van der Waals surface area (Å²) in [4.78, 5) is 23.7. The summed E-state index contributed by atoms with van der Waals surface area (Å²) in [7, 11) is 0. The highest BCUT2D eigenvalue weighted by Gasteiger charge is 2.19. The molecule has 114 valence electrons. The van der Waals surface area contributed by atoms with Crippen LogP contribution in [0.5, 0.6) is 5.75 Å². The van der Waals surface area contributed by atoms with Crippen molar-refractivity contribution in [3.63, 3.8) is 0 Å². The molecular weight excluding hydrogens is 280 g/mol. The van der Waals surface area contributed by atoms with Crippen LogP contribution in [0.25, 0.3) is 0 Å². The van der Waals surface area contributed by atoms with Crippen molar-refractivity contribution in [1.82, 2.24) is 0 Å². The van der Waals surface area contributed by atoms with E-state index in [1.165, 1.54) is 12.1 Å². The molecule has 2 aromatic rings. The second-order valence-corrected chi connectivity index (χ2v) is 5.13. The highest BCUT2D eigenvalue weighted by Crippen LogP contribution is 2.24. The van der Waals surface area contributed by atoms with Crippen molar-refractivity contribution in [3.8, 4) is 5.75 Å². The third kappa shape index (κ3) is 3.34. The van der Waals surface area contributed by atoms with Gasteiger partial charge in [-0.1, -0.05) is 37.6 Å². The topological polar surface area (TPSA) is 74.6 Å². The quantitative estimate of drug-likeness (QED) is 0.798. The zero-order valence-electron chi connectivity index (χ0n) is 12.4. The fourth-order valence-electron chi connectivity index (χ4n) is 2.32. The highest BCUT2D eigenvalue weighted by molar-refractivity contribution is 6.15. The summed E-state index contributed by atoms with van der Waals surface area (Å²) < 4.78 is 0. The van der Waals surface area contributed by atoms with Gasteiger partial charge in [-0.2, -0.15) is 0 Å². The number of rotatable bonds is 6. The van der Waals surface area contributed by atoms with Crippen molar-refractivity contribution >= 4 is 11.8 Å². The summed E-state index contributed by atoms with van der Waals surface area (Å²) in [5.41, 5.74) is 1.09. The number of ketones is 1. The normalized spacial score (nSPS) is 10.4. The monoisotopic (exact) mass is 298 g/mol. The van der Waals surface area contributed by atoms with Gasteiger partial charge in [0, 0.05) is 5.56 Å². The SMILES string of the molecule is CCCCc1ccc(C(=O)c2ccccc2C(=O)O)c(O)c1. The first-order valence-electron chi connectivity index (χ1n) is 7.23. The molecule has 4 heteroatoms. The van der Waals surface area contributed by atoms with Crippen LogP contribution >= 0.6 is 0 Å². The molecule has 0 heterocycles. The van der Waals surface area contributed by atoms with Crippen LogP contribution in [-0.2, 0) is 6.42 Å². The number of carboxylic acids is 1. The summed E-state index contributed by atoms with van der Waals surface area (Å²) in [6.45, 7) is 2.08. The van der Waals surface area contributed by atoms with Crippen molar-refractivity contribution in [1.29, 1.82) is 0 Å². The maximum Gasteiger partial charge on any atom is 0.336 e. The van der Waals surface area contributed by atoms with Gasteiger partial charge in [-0.25, -0.2) is 4.79 Å². The van der Waals surface area contributed by atoms with E-state index >= 15 is 0 Å². The molecule has 0 amide bonds. The maximum absolute atomic E-state index is 12.5. The first kappa shape index (κ1) is 15.8. The summed E-state index contributed by atoms with van der Waals surface area (Å²) in [6, 6.07) is 10.9. The van der Waals surface area contributed by atoms with E-state index in [0.29, 0.717) is 0 Å². The third-order valence-corrected chi connectivity index (χ3v) is 3.53. The van der Waals surface area contributed by atoms with Crippen molar-refractivity contribution in [3.05, 3.63) is 64.7 Å². The van der Waals surface area contributed by atoms with Gasteiger partial charge in [0.2, 0.25) is 0 Å². The van der Waals surface area contributed by atoms with E-state index in [0.717, 1.165) is 24.8 Å². The summed E-state index contributed by atoms with van der Waals surface area (Å²) in [5.74, 6) is -1.76. The maximum atomic E-state index is 12.5. The van der Waals surface area contributed by atoms with Crippen LogP contribution in [-0.4, -0.2) is 22.0 Å². The van der Waals surface area contributed by atoms with E-state index in [1.54, 1.807) is 30.3 Å². The summed E-state index contributed by atoms with van der Waals surface area (Å²) >= 11 is 0. The number of benzene rings is 2. The van der Waals surface area contributed by atoms with Gasteiger partial charge in [-0.15, -0.1) is 0 Å². The van der Waals surface area contributed by atoms with Gasteiger partial charge < -0.3 is 10.2 Å². The summed E-state index contributed by atoms with van der Waals surface area (Å²) in [6.07, 6.45) is 2.90. The van der Waals surface area contributed by atoms with Gasteiger partial charge in [-0.3, -0.25) is 4.79 Å². The number of aromatic carboxylic acids is 1. The van der Waals surface area contributed by atoms with E-state index < -0.39 is 11.8 Å². The molecule has 2 aromatic carbocycles. The summed E-state index contributed by atoms with van der Waals surface area (Å²) in [5, 5.41) is 19.2. The Bertz CT molecular complexity index is 704. The van der Waals surface area contributed by atoms with Gasteiger partial charge in [0.1, 0.15) is 5.75 Å². The van der Waals surface area contributed by atoms with Crippen LogP contribution in [0, 0.1) is 0 Å². The minimum atomic E-state index is -1.16. The number of phenols is 1. The zero-order valence-corrected chi connectivity index (χ0v) is 12.4. The number of aryl methyl sites for hydroxylation is 1. The second kappa shape index (κ2) is 6.89. The average Bonchev–Trinajstić information content (AvgIpc) is 2.52. The Morgan fingerprint density at radius 1 is 1.00 bits per heavy atom. The van der Waals surface area contributed by atoms with Crippen LogP contribution in [0.1, 0.15) is 51.6 Å². The first-order valence-corrected chi connectivity index (χ1v) is 7.23. The van der Waals surface area contributed by atoms with Crippen molar-refractivity contribution in [2.75, 3.05) is 0 Å². The Morgan fingerprint density at radius 2 is 1.68 bits per heavy atom. The Hall–Kier alpha value is -2.62. The molecule has 0 spiro atoms. The van der Waals surface area contributed by atoms with Crippen molar-refractivity contribution in [2.45, 2.75) is 26.2 Å². The number of carbonyl (C=O) groups is 2. The van der Waals surface area contributed by atoms with Crippen LogP contribution in [0.2, 0.25) is 0 Å². The standard InChI is InChI=1S/C18H18O4/c1-2-3-6-12-9-10-15(16(19)11-12)17(20)13-7-4-5-8-14(13)18(21)22/h4-5,7-11,19H,2-3,6H2,1H3,(H,21,22). The molecule has 0 aromatic heterocycles. The number of aromatic hydroxyl groups is 1. The lowest BCUT2D eigenvalue weighted by molar-refractivity contribution is 0.0692.